The first-order chi connectivity index (χ1) is 8.25. The molecule has 0 saturated heterocycles. The van der Waals surface area contributed by atoms with Crippen LogP contribution in [0, 0.1) is 0 Å². The van der Waals surface area contributed by atoms with Crippen LogP contribution in [0.1, 0.15) is 0 Å². The highest BCUT2D eigenvalue weighted by Crippen LogP contribution is 2.16. The maximum Gasteiger partial charge on any atom is 0.0954 e. The van der Waals surface area contributed by atoms with Crippen molar-refractivity contribution < 1.29 is 0 Å². The summed E-state index contributed by atoms with van der Waals surface area (Å²) in [6.45, 7) is 0. The standard InChI is InChI=1S/C14H13ClN2/c1-17(14-5-3-2-4-6-14)11-16-13-9-7-12(15)8-10-13/h2-11H,1H3. The predicted molar refractivity (Wildman–Crippen MR) is 74.4 cm³/mol. The molecule has 0 heterocycles. The van der Waals surface area contributed by atoms with E-state index in [9.17, 15) is 0 Å². The maximum atomic E-state index is 5.81. The number of rotatable bonds is 3. The van der Waals surface area contributed by atoms with E-state index in [1.54, 1.807) is 6.34 Å². The summed E-state index contributed by atoms with van der Waals surface area (Å²) in [5.74, 6) is 0. The van der Waals surface area contributed by atoms with E-state index in [1.807, 2.05) is 66.5 Å². The van der Waals surface area contributed by atoms with Crippen molar-refractivity contribution in [1.82, 2.24) is 0 Å². The van der Waals surface area contributed by atoms with Gasteiger partial charge in [-0.15, -0.1) is 0 Å². The molecule has 17 heavy (non-hydrogen) atoms. The molecule has 0 amide bonds. The Morgan fingerprint density at radius 1 is 1.00 bits per heavy atom. The van der Waals surface area contributed by atoms with Gasteiger partial charge in [0.25, 0.3) is 0 Å². The lowest BCUT2D eigenvalue weighted by Gasteiger charge is -2.12. The van der Waals surface area contributed by atoms with Gasteiger partial charge < -0.3 is 4.90 Å². The summed E-state index contributed by atoms with van der Waals surface area (Å²) >= 11 is 5.81. The normalized spacial score (nSPS) is 10.7. The Labute approximate surface area is 106 Å². The number of para-hydroxylation sites is 1. The van der Waals surface area contributed by atoms with Gasteiger partial charge in [-0.05, 0) is 36.4 Å². The Hall–Kier alpha value is -1.80. The summed E-state index contributed by atoms with van der Waals surface area (Å²) in [5.41, 5.74) is 1.99. The van der Waals surface area contributed by atoms with Gasteiger partial charge >= 0.3 is 0 Å². The minimum absolute atomic E-state index is 0.723. The van der Waals surface area contributed by atoms with Crippen molar-refractivity contribution in [1.29, 1.82) is 0 Å². The fraction of sp³-hybridized carbons (Fsp3) is 0.0714. The van der Waals surface area contributed by atoms with Crippen molar-refractivity contribution in [3.63, 3.8) is 0 Å². The van der Waals surface area contributed by atoms with Gasteiger partial charge in [-0.1, -0.05) is 29.8 Å². The third-order valence-electron chi connectivity index (χ3n) is 2.37. The fourth-order valence-electron chi connectivity index (χ4n) is 1.41. The fourth-order valence-corrected chi connectivity index (χ4v) is 1.54. The molecule has 0 fully saturated rings. The third-order valence-corrected chi connectivity index (χ3v) is 2.62. The van der Waals surface area contributed by atoms with Crippen molar-refractivity contribution in [2.45, 2.75) is 0 Å². The topological polar surface area (TPSA) is 15.6 Å². The second-order valence-corrected chi connectivity index (χ2v) is 4.10. The van der Waals surface area contributed by atoms with E-state index in [1.165, 1.54) is 0 Å². The Kier molecular flexibility index (Phi) is 3.78. The van der Waals surface area contributed by atoms with Crippen LogP contribution in [0.4, 0.5) is 11.4 Å². The quantitative estimate of drug-likeness (QED) is 0.585. The van der Waals surface area contributed by atoms with Crippen LogP contribution in [0.25, 0.3) is 0 Å². The summed E-state index contributed by atoms with van der Waals surface area (Å²) in [7, 11) is 1.97. The zero-order valence-corrected chi connectivity index (χ0v) is 10.3. The average molecular weight is 245 g/mol. The minimum atomic E-state index is 0.723. The van der Waals surface area contributed by atoms with Crippen LogP contribution >= 0.6 is 11.6 Å². The van der Waals surface area contributed by atoms with E-state index < -0.39 is 0 Å². The van der Waals surface area contributed by atoms with E-state index >= 15 is 0 Å². The number of halogens is 1. The first-order valence-corrected chi connectivity index (χ1v) is 5.71. The molecule has 0 N–H and O–H groups in total. The molecule has 0 radical (unpaired) electrons. The predicted octanol–water partition coefficient (Wildman–Crippen LogP) is 4.14. The van der Waals surface area contributed by atoms with Crippen LogP contribution in [-0.2, 0) is 0 Å². The summed E-state index contributed by atoms with van der Waals surface area (Å²) < 4.78 is 0. The lowest BCUT2D eigenvalue weighted by atomic mass is 10.3. The summed E-state index contributed by atoms with van der Waals surface area (Å²) in [5, 5.41) is 0.723. The molecule has 0 saturated carbocycles. The van der Waals surface area contributed by atoms with Gasteiger partial charge in [-0.2, -0.15) is 0 Å². The SMILES string of the molecule is CN(C=Nc1ccc(Cl)cc1)c1ccccc1. The molecule has 2 aromatic rings. The number of hydrogen-bond acceptors (Lipinski definition) is 1. The summed E-state index contributed by atoms with van der Waals surface area (Å²) in [4.78, 5) is 6.33. The Balaban J connectivity index is 2.08. The smallest absolute Gasteiger partial charge is 0.0954 e. The summed E-state index contributed by atoms with van der Waals surface area (Å²) in [6.07, 6.45) is 1.79. The summed E-state index contributed by atoms with van der Waals surface area (Å²) in [6, 6.07) is 17.5. The molecule has 0 unspecified atom stereocenters. The number of aliphatic imine (C=N–C) groups is 1. The van der Waals surface area contributed by atoms with Crippen molar-refractivity contribution >= 4 is 29.3 Å². The van der Waals surface area contributed by atoms with Crippen molar-refractivity contribution in [3.8, 4) is 0 Å². The van der Waals surface area contributed by atoms with Crippen LogP contribution < -0.4 is 4.90 Å². The zero-order chi connectivity index (χ0) is 12.1. The third kappa shape index (κ3) is 3.33. The monoisotopic (exact) mass is 244 g/mol. The lowest BCUT2D eigenvalue weighted by Crippen LogP contribution is -2.13. The Bertz CT molecular complexity index is 491. The van der Waals surface area contributed by atoms with E-state index in [-0.39, 0.29) is 0 Å². The Morgan fingerprint density at radius 3 is 2.29 bits per heavy atom. The first kappa shape index (κ1) is 11.7. The van der Waals surface area contributed by atoms with Crippen LogP contribution in [0.3, 0.4) is 0 Å². The van der Waals surface area contributed by atoms with Crippen LogP contribution in [0.5, 0.6) is 0 Å². The van der Waals surface area contributed by atoms with Crippen LogP contribution in [0.15, 0.2) is 59.6 Å². The Morgan fingerprint density at radius 2 is 1.65 bits per heavy atom. The zero-order valence-electron chi connectivity index (χ0n) is 9.55. The van der Waals surface area contributed by atoms with Gasteiger partial charge in [0.2, 0.25) is 0 Å². The van der Waals surface area contributed by atoms with Gasteiger partial charge in [0.15, 0.2) is 0 Å². The average Bonchev–Trinajstić information content (AvgIpc) is 2.39. The molecule has 86 valence electrons. The first-order valence-electron chi connectivity index (χ1n) is 5.33. The highest BCUT2D eigenvalue weighted by atomic mass is 35.5. The van der Waals surface area contributed by atoms with Gasteiger partial charge in [-0.25, -0.2) is 4.99 Å². The molecule has 3 heteroatoms. The molecule has 2 aromatic carbocycles. The lowest BCUT2D eigenvalue weighted by molar-refractivity contribution is 1.28. The highest BCUT2D eigenvalue weighted by Gasteiger charge is 1.95. The molecule has 0 aliphatic heterocycles. The van der Waals surface area contributed by atoms with Crippen molar-refractivity contribution in [2.24, 2.45) is 4.99 Å². The molecule has 0 spiro atoms. The number of nitrogens with zero attached hydrogens (tertiary/aromatic N) is 2. The van der Waals surface area contributed by atoms with Gasteiger partial charge in [0.1, 0.15) is 0 Å². The largest absolute Gasteiger partial charge is 0.336 e. The van der Waals surface area contributed by atoms with Gasteiger partial charge in [0.05, 0.1) is 12.0 Å². The highest BCUT2D eigenvalue weighted by molar-refractivity contribution is 6.30. The second-order valence-electron chi connectivity index (χ2n) is 3.67. The van der Waals surface area contributed by atoms with Crippen LogP contribution in [-0.4, -0.2) is 13.4 Å². The van der Waals surface area contributed by atoms with E-state index in [0.29, 0.717) is 0 Å². The minimum Gasteiger partial charge on any atom is -0.336 e. The molecule has 0 aliphatic rings. The van der Waals surface area contributed by atoms with Crippen molar-refractivity contribution in [2.75, 3.05) is 11.9 Å². The number of benzene rings is 2. The van der Waals surface area contributed by atoms with E-state index in [4.69, 9.17) is 11.6 Å². The van der Waals surface area contributed by atoms with Crippen molar-refractivity contribution in [3.05, 3.63) is 59.6 Å². The molecule has 0 atom stereocenters. The molecule has 0 aromatic heterocycles. The van der Waals surface area contributed by atoms with Crippen LogP contribution in [0.2, 0.25) is 5.02 Å². The maximum absolute atomic E-state index is 5.81. The number of hydrogen-bond donors (Lipinski definition) is 0. The molecule has 0 bridgehead atoms. The molecule has 2 nitrogen and oxygen atoms in total. The molecule has 2 rings (SSSR count). The molecular formula is C14H13ClN2. The molecular weight excluding hydrogens is 232 g/mol. The van der Waals surface area contributed by atoms with E-state index in [0.717, 1.165) is 16.4 Å². The molecule has 0 aliphatic carbocycles. The van der Waals surface area contributed by atoms with E-state index in [2.05, 4.69) is 4.99 Å². The van der Waals surface area contributed by atoms with Gasteiger partial charge in [-0.3, -0.25) is 0 Å². The second kappa shape index (κ2) is 5.51. The number of anilines is 1. The van der Waals surface area contributed by atoms with Gasteiger partial charge in [0, 0.05) is 17.8 Å².